The minimum Gasteiger partial charge on any atom is -0.872 e. The lowest BCUT2D eigenvalue weighted by atomic mass is 10.2. The Morgan fingerprint density at radius 3 is 1.37 bits per heavy atom. The Morgan fingerprint density at radius 2 is 1.07 bits per heavy atom. The monoisotopic (exact) mass is 458 g/mol. The van der Waals surface area contributed by atoms with Crippen molar-refractivity contribution >= 4 is 20.2 Å². The summed E-state index contributed by atoms with van der Waals surface area (Å²) >= 11 is 0. The van der Waals surface area contributed by atoms with Crippen molar-refractivity contribution in [3.63, 3.8) is 0 Å². The lowest BCUT2D eigenvalue weighted by Gasteiger charge is -2.25. The molecule has 0 aliphatic carbocycles. The summed E-state index contributed by atoms with van der Waals surface area (Å²) in [6.45, 7) is 1.17. The highest BCUT2D eigenvalue weighted by atomic mass is 32.2. The van der Waals surface area contributed by atoms with Crippen molar-refractivity contribution in [1.29, 1.82) is 0 Å². The fourth-order valence-corrected chi connectivity index (χ4v) is 3.82. The second kappa shape index (κ2) is 9.29. The van der Waals surface area contributed by atoms with Crippen LogP contribution in [0.1, 0.15) is 11.1 Å². The van der Waals surface area contributed by atoms with Gasteiger partial charge in [0.2, 0.25) is 0 Å². The number of likely N-dealkylation sites (N-methyl/N-ethyl adjacent to an activating group) is 2. The fraction of sp³-hybridized carbons (Fsp3) is 0.333. The molecule has 0 aliphatic rings. The normalized spacial score (nSPS) is 12.6. The van der Waals surface area contributed by atoms with Gasteiger partial charge < -0.3 is 20.0 Å². The maximum absolute atomic E-state index is 11.9. The number of nitrogens with zero attached hydrogens (tertiary/aromatic N) is 2. The molecule has 2 aromatic carbocycles. The highest BCUT2D eigenvalue weighted by molar-refractivity contribution is 7.86. The van der Waals surface area contributed by atoms with Gasteiger partial charge in [-0.1, -0.05) is 12.1 Å². The molecule has 2 aromatic rings. The number of benzene rings is 2. The van der Waals surface area contributed by atoms with E-state index in [-0.39, 0.29) is 45.5 Å². The Morgan fingerprint density at radius 1 is 0.733 bits per heavy atom. The smallest absolute Gasteiger partial charge is 0.294 e. The van der Waals surface area contributed by atoms with Crippen LogP contribution in [0.25, 0.3) is 0 Å². The Bertz CT molecular complexity index is 1030. The molecule has 0 amide bonds. The SMILES string of the molecule is CN(CCN(C)Cc1cc(S(=O)(=O)O)ccc1[O-])Cc1cc(S(=O)(=O)O)ccc1[O-]. The lowest BCUT2D eigenvalue weighted by molar-refractivity contribution is -0.270. The molecule has 10 nitrogen and oxygen atoms in total. The quantitative estimate of drug-likeness (QED) is 0.485. The van der Waals surface area contributed by atoms with Gasteiger partial charge in [-0.05, 0) is 49.5 Å². The predicted molar refractivity (Wildman–Crippen MR) is 104 cm³/mol. The topological polar surface area (TPSA) is 161 Å². The maximum Gasteiger partial charge on any atom is 0.294 e. The molecule has 0 bridgehead atoms. The lowest BCUT2D eigenvalue weighted by Crippen LogP contribution is -2.30. The number of hydrogen-bond acceptors (Lipinski definition) is 8. The molecule has 2 rings (SSSR count). The van der Waals surface area contributed by atoms with Crippen LogP contribution in [-0.4, -0.2) is 62.9 Å². The number of rotatable bonds is 9. The molecule has 0 aliphatic heterocycles. The third-order valence-corrected chi connectivity index (χ3v) is 6.10. The van der Waals surface area contributed by atoms with Crippen LogP contribution in [0.2, 0.25) is 0 Å². The Balaban J connectivity index is 2.00. The minimum atomic E-state index is -4.41. The molecule has 166 valence electrons. The summed E-state index contributed by atoms with van der Waals surface area (Å²) in [5, 5.41) is 23.9. The molecule has 0 spiro atoms. The van der Waals surface area contributed by atoms with Crippen LogP contribution >= 0.6 is 0 Å². The molecule has 0 atom stereocenters. The van der Waals surface area contributed by atoms with E-state index in [9.17, 15) is 27.0 Å². The van der Waals surface area contributed by atoms with Gasteiger partial charge in [0.15, 0.2) is 0 Å². The molecule has 0 fully saturated rings. The van der Waals surface area contributed by atoms with Crippen molar-refractivity contribution in [2.75, 3.05) is 27.2 Å². The van der Waals surface area contributed by atoms with E-state index in [4.69, 9.17) is 9.11 Å². The first-order valence-electron chi connectivity index (χ1n) is 8.69. The van der Waals surface area contributed by atoms with E-state index < -0.39 is 20.2 Å². The van der Waals surface area contributed by atoms with Crippen molar-refractivity contribution in [1.82, 2.24) is 9.80 Å². The highest BCUT2D eigenvalue weighted by Gasteiger charge is 2.13. The fourth-order valence-electron chi connectivity index (χ4n) is 2.76. The van der Waals surface area contributed by atoms with Gasteiger partial charge in [-0.3, -0.25) is 9.11 Å². The predicted octanol–water partition coefficient (Wildman–Crippen LogP) is -0.109. The zero-order chi connectivity index (χ0) is 22.7. The van der Waals surface area contributed by atoms with Crippen LogP contribution in [0.5, 0.6) is 11.5 Å². The summed E-state index contributed by atoms with van der Waals surface area (Å²) in [6, 6.07) is 6.49. The van der Waals surface area contributed by atoms with Crippen LogP contribution in [-0.2, 0) is 33.3 Å². The molecule has 0 heterocycles. The van der Waals surface area contributed by atoms with Gasteiger partial charge in [0.05, 0.1) is 9.79 Å². The van der Waals surface area contributed by atoms with Crippen LogP contribution < -0.4 is 10.2 Å². The van der Waals surface area contributed by atoms with Gasteiger partial charge in [0.25, 0.3) is 20.2 Å². The van der Waals surface area contributed by atoms with Gasteiger partial charge in [0, 0.05) is 26.2 Å². The Labute approximate surface area is 175 Å². The van der Waals surface area contributed by atoms with Crippen LogP contribution in [0.4, 0.5) is 0 Å². The van der Waals surface area contributed by atoms with Crippen molar-refractivity contribution in [3.8, 4) is 11.5 Å². The van der Waals surface area contributed by atoms with Crippen molar-refractivity contribution in [3.05, 3.63) is 47.5 Å². The zero-order valence-electron chi connectivity index (χ0n) is 16.3. The molecule has 2 N–H and O–H groups in total. The van der Waals surface area contributed by atoms with Crippen LogP contribution in [0.3, 0.4) is 0 Å². The second-order valence-electron chi connectivity index (χ2n) is 6.96. The van der Waals surface area contributed by atoms with Gasteiger partial charge in [0.1, 0.15) is 0 Å². The molecule has 0 unspecified atom stereocenters. The third-order valence-electron chi connectivity index (χ3n) is 4.40. The van der Waals surface area contributed by atoms with Gasteiger partial charge in [-0.15, -0.1) is 11.5 Å². The third kappa shape index (κ3) is 6.65. The average molecular weight is 459 g/mol. The Hall–Kier alpha value is -2.22. The van der Waals surface area contributed by atoms with Crippen LogP contribution in [0.15, 0.2) is 46.2 Å². The molecule has 30 heavy (non-hydrogen) atoms. The van der Waals surface area contributed by atoms with Gasteiger partial charge in [-0.2, -0.15) is 16.8 Å². The second-order valence-corrected chi connectivity index (χ2v) is 9.81. The Kier molecular flexibility index (Phi) is 7.45. The van der Waals surface area contributed by atoms with E-state index in [0.717, 1.165) is 36.4 Å². The van der Waals surface area contributed by atoms with Crippen molar-refractivity contribution in [2.45, 2.75) is 22.9 Å². The van der Waals surface area contributed by atoms with E-state index in [1.54, 1.807) is 23.9 Å². The number of hydrogen-bond donors (Lipinski definition) is 2. The first kappa shape index (κ1) is 24.1. The summed E-state index contributed by atoms with van der Waals surface area (Å²) in [7, 11) is -5.40. The van der Waals surface area contributed by atoms with E-state index in [0.29, 0.717) is 13.1 Å². The molecule has 0 saturated carbocycles. The molecule has 0 saturated heterocycles. The van der Waals surface area contributed by atoms with Crippen molar-refractivity contribution < 1.29 is 36.2 Å². The standard InChI is InChI=1S/C18H24N2O8S2/c1-19(11-13-9-15(29(23,24)25)3-5-17(13)21)7-8-20(2)12-14-10-16(30(26,27)28)4-6-18(14)22/h3-6,9-10,21-22H,7-8,11-12H2,1-2H3,(H,23,24,25)(H,26,27,28)/p-2. The molecule has 0 aromatic heterocycles. The average Bonchev–Trinajstić information content (AvgIpc) is 2.62. The maximum atomic E-state index is 11.9. The minimum absolute atomic E-state index is 0.140. The van der Waals surface area contributed by atoms with E-state index in [1.165, 1.54) is 0 Å². The summed E-state index contributed by atoms with van der Waals surface area (Å²) in [5.41, 5.74) is 0.413. The molecular weight excluding hydrogens is 436 g/mol. The first-order valence-corrected chi connectivity index (χ1v) is 11.6. The summed E-state index contributed by atoms with van der Waals surface area (Å²) in [4.78, 5) is 2.80. The van der Waals surface area contributed by atoms with E-state index in [1.807, 2.05) is 0 Å². The van der Waals surface area contributed by atoms with Gasteiger partial charge >= 0.3 is 0 Å². The first-order chi connectivity index (χ1) is 13.8. The zero-order valence-corrected chi connectivity index (χ0v) is 18.0. The highest BCUT2D eigenvalue weighted by Crippen LogP contribution is 2.22. The van der Waals surface area contributed by atoms with Crippen LogP contribution in [0, 0.1) is 0 Å². The molecule has 12 heteroatoms. The molecule has 0 radical (unpaired) electrons. The summed E-state index contributed by atoms with van der Waals surface area (Å²) in [6.07, 6.45) is 0. The van der Waals surface area contributed by atoms with Crippen molar-refractivity contribution in [2.24, 2.45) is 0 Å². The van der Waals surface area contributed by atoms with E-state index >= 15 is 0 Å². The molecular formula is C18H22N2O8S2-2. The summed E-state index contributed by atoms with van der Waals surface area (Å²) in [5.74, 6) is -0.721. The summed E-state index contributed by atoms with van der Waals surface area (Å²) < 4.78 is 63.2. The largest absolute Gasteiger partial charge is 0.872 e. The van der Waals surface area contributed by atoms with E-state index in [2.05, 4.69) is 0 Å². The van der Waals surface area contributed by atoms with Gasteiger partial charge in [-0.25, -0.2) is 0 Å².